The molecule has 2 heterocycles. The third-order valence-electron chi connectivity index (χ3n) is 3.71. The number of nitrogens with zero attached hydrogens (tertiary/aromatic N) is 2. The topological polar surface area (TPSA) is 68.7 Å². The highest BCUT2D eigenvalue weighted by molar-refractivity contribution is 5.82. The van der Waals surface area contributed by atoms with Gasteiger partial charge in [0.2, 0.25) is 0 Å². The maximum atomic E-state index is 12.6. The molecular weight excluding hydrogens is 284 g/mol. The Balaban J connectivity index is 2.08. The molecule has 0 aromatic carbocycles. The van der Waals surface area contributed by atoms with Gasteiger partial charge >= 0.3 is 5.97 Å². The fraction of sp³-hybridized carbons (Fsp3) is 0.562. The second-order valence-electron chi connectivity index (χ2n) is 5.51. The van der Waals surface area contributed by atoms with Crippen molar-refractivity contribution in [2.45, 2.75) is 32.4 Å². The smallest absolute Gasteiger partial charge is 0.310 e. The van der Waals surface area contributed by atoms with Gasteiger partial charge in [-0.1, -0.05) is 13.0 Å². The Kier molecular flexibility index (Phi) is 5.89. The number of carbonyl (C=O) groups excluding carboxylic acids is 2. The van der Waals surface area contributed by atoms with Crippen LogP contribution in [0.15, 0.2) is 24.5 Å². The van der Waals surface area contributed by atoms with Gasteiger partial charge in [0.05, 0.1) is 13.0 Å². The molecule has 2 atom stereocenters. The van der Waals surface area contributed by atoms with Gasteiger partial charge in [-0.2, -0.15) is 0 Å². The number of carbonyl (C=O) groups is 2. The van der Waals surface area contributed by atoms with Gasteiger partial charge in [-0.15, -0.1) is 0 Å². The molecule has 0 bridgehead atoms. The zero-order valence-corrected chi connectivity index (χ0v) is 13.0. The summed E-state index contributed by atoms with van der Waals surface area (Å²) < 4.78 is 10.2. The quantitative estimate of drug-likeness (QED) is 0.743. The van der Waals surface area contributed by atoms with Crippen LogP contribution in [-0.2, 0) is 25.6 Å². The summed E-state index contributed by atoms with van der Waals surface area (Å²) in [6.07, 6.45) is 4.63. The van der Waals surface area contributed by atoms with Crippen LogP contribution < -0.4 is 0 Å². The standard InChI is InChI=1S/C16H22N2O4/c1-12(16(20)21-2)10-18(11-13-5-3-7-17-9-13)15(19)14-6-4-8-22-14/h3,5,7,9,12,14H,4,6,8,10-11H2,1-2H3. The highest BCUT2D eigenvalue weighted by Gasteiger charge is 2.30. The number of ether oxygens (including phenoxy) is 2. The first-order chi connectivity index (χ1) is 10.6. The summed E-state index contributed by atoms with van der Waals surface area (Å²) in [7, 11) is 1.35. The summed E-state index contributed by atoms with van der Waals surface area (Å²) in [5.41, 5.74) is 0.922. The monoisotopic (exact) mass is 306 g/mol. The number of methoxy groups -OCH3 is 1. The summed E-state index contributed by atoms with van der Waals surface area (Å²) in [6, 6.07) is 3.74. The van der Waals surface area contributed by atoms with E-state index in [0.717, 1.165) is 18.4 Å². The number of amides is 1. The average Bonchev–Trinajstić information content (AvgIpc) is 3.08. The molecule has 2 unspecified atom stereocenters. The van der Waals surface area contributed by atoms with Crippen LogP contribution in [0.5, 0.6) is 0 Å². The van der Waals surface area contributed by atoms with Crippen molar-refractivity contribution in [1.29, 1.82) is 0 Å². The van der Waals surface area contributed by atoms with Gasteiger partial charge in [-0.25, -0.2) is 0 Å². The lowest BCUT2D eigenvalue weighted by atomic mass is 10.1. The van der Waals surface area contributed by atoms with E-state index in [2.05, 4.69) is 4.98 Å². The van der Waals surface area contributed by atoms with Gasteiger partial charge < -0.3 is 14.4 Å². The number of aromatic nitrogens is 1. The van der Waals surface area contributed by atoms with Crippen molar-refractivity contribution >= 4 is 11.9 Å². The van der Waals surface area contributed by atoms with Gasteiger partial charge in [-0.05, 0) is 24.5 Å². The minimum Gasteiger partial charge on any atom is -0.469 e. The van der Waals surface area contributed by atoms with Gasteiger partial charge in [0.25, 0.3) is 5.91 Å². The molecule has 6 heteroatoms. The number of rotatable bonds is 6. The van der Waals surface area contributed by atoms with Crippen molar-refractivity contribution in [2.24, 2.45) is 5.92 Å². The molecular formula is C16H22N2O4. The van der Waals surface area contributed by atoms with Crippen LogP contribution in [0.4, 0.5) is 0 Å². The molecule has 1 fully saturated rings. The number of pyridine rings is 1. The molecule has 1 aromatic heterocycles. The molecule has 6 nitrogen and oxygen atoms in total. The lowest BCUT2D eigenvalue weighted by molar-refractivity contribution is -0.148. The summed E-state index contributed by atoms with van der Waals surface area (Å²) in [5.74, 6) is -0.777. The third-order valence-corrected chi connectivity index (χ3v) is 3.71. The van der Waals surface area contributed by atoms with E-state index in [4.69, 9.17) is 9.47 Å². The Labute approximate surface area is 130 Å². The second-order valence-corrected chi connectivity index (χ2v) is 5.51. The first kappa shape index (κ1) is 16.4. The number of hydrogen-bond acceptors (Lipinski definition) is 5. The Morgan fingerprint density at radius 1 is 1.55 bits per heavy atom. The van der Waals surface area contributed by atoms with E-state index in [9.17, 15) is 9.59 Å². The number of hydrogen-bond donors (Lipinski definition) is 0. The molecule has 1 aliphatic rings. The van der Waals surface area contributed by atoms with E-state index in [1.54, 1.807) is 24.2 Å². The normalized spacial score (nSPS) is 18.7. The fourth-order valence-corrected chi connectivity index (χ4v) is 2.53. The highest BCUT2D eigenvalue weighted by Crippen LogP contribution is 2.17. The molecule has 2 rings (SSSR count). The molecule has 0 spiro atoms. The molecule has 0 N–H and O–H groups in total. The largest absolute Gasteiger partial charge is 0.469 e. The van der Waals surface area contributed by atoms with E-state index < -0.39 is 6.10 Å². The predicted octanol–water partition coefficient (Wildman–Crippen LogP) is 1.40. The molecule has 1 amide bonds. The van der Waals surface area contributed by atoms with Gasteiger partial charge in [0, 0.05) is 32.1 Å². The summed E-state index contributed by atoms with van der Waals surface area (Å²) in [5, 5.41) is 0. The van der Waals surface area contributed by atoms with Gasteiger partial charge in [0.15, 0.2) is 0 Å². The van der Waals surface area contributed by atoms with Gasteiger partial charge in [-0.3, -0.25) is 14.6 Å². The predicted molar refractivity (Wildman–Crippen MR) is 79.8 cm³/mol. The zero-order chi connectivity index (χ0) is 15.9. The van der Waals surface area contributed by atoms with E-state index in [1.165, 1.54) is 7.11 Å². The van der Waals surface area contributed by atoms with E-state index in [1.807, 2.05) is 12.1 Å². The Hall–Kier alpha value is -1.95. The van der Waals surface area contributed by atoms with Crippen LogP contribution in [0.25, 0.3) is 0 Å². The molecule has 0 aliphatic carbocycles. The molecule has 0 saturated carbocycles. The van der Waals surface area contributed by atoms with Gasteiger partial charge in [0.1, 0.15) is 6.10 Å². The first-order valence-corrected chi connectivity index (χ1v) is 7.49. The minimum absolute atomic E-state index is 0.0721. The van der Waals surface area contributed by atoms with E-state index >= 15 is 0 Å². The summed E-state index contributed by atoms with van der Waals surface area (Å²) in [6.45, 7) is 3.09. The average molecular weight is 306 g/mol. The Morgan fingerprint density at radius 2 is 2.36 bits per heavy atom. The maximum absolute atomic E-state index is 12.6. The molecule has 1 aromatic rings. The third kappa shape index (κ3) is 4.27. The van der Waals surface area contributed by atoms with Crippen molar-refractivity contribution in [3.05, 3.63) is 30.1 Å². The van der Waals surface area contributed by atoms with Crippen molar-refractivity contribution < 1.29 is 19.1 Å². The zero-order valence-electron chi connectivity index (χ0n) is 13.0. The second kappa shape index (κ2) is 7.89. The number of esters is 1. The summed E-state index contributed by atoms with van der Waals surface area (Å²) in [4.78, 5) is 30.0. The molecule has 22 heavy (non-hydrogen) atoms. The van der Waals surface area contributed by atoms with Crippen LogP contribution in [-0.4, -0.2) is 48.1 Å². The first-order valence-electron chi connectivity index (χ1n) is 7.49. The molecule has 1 saturated heterocycles. The Morgan fingerprint density at radius 3 is 2.95 bits per heavy atom. The van der Waals surface area contributed by atoms with Crippen LogP contribution in [0.2, 0.25) is 0 Å². The lowest BCUT2D eigenvalue weighted by Gasteiger charge is -2.27. The van der Waals surface area contributed by atoms with Crippen molar-refractivity contribution in [2.75, 3.05) is 20.3 Å². The lowest BCUT2D eigenvalue weighted by Crippen LogP contribution is -2.42. The van der Waals surface area contributed by atoms with Crippen LogP contribution in [0.3, 0.4) is 0 Å². The van der Waals surface area contributed by atoms with Crippen LogP contribution >= 0.6 is 0 Å². The minimum atomic E-state index is -0.401. The van der Waals surface area contributed by atoms with Crippen LogP contribution in [0, 0.1) is 5.92 Å². The fourth-order valence-electron chi connectivity index (χ4n) is 2.53. The van der Waals surface area contributed by atoms with Crippen molar-refractivity contribution in [3.63, 3.8) is 0 Å². The SMILES string of the molecule is COC(=O)C(C)CN(Cc1cccnc1)C(=O)C1CCCO1. The molecule has 120 valence electrons. The van der Waals surface area contributed by atoms with Crippen molar-refractivity contribution in [3.8, 4) is 0 Å². The highest BCUT2D eigenvalue weighted by atomic mass is 16.5. The Bertz CT molecular complexity index is 500. The summed E-state index contributed by atoms with van der Waals surface area (Å²) >= 11 is 0. The van der Waals surface area contributed by atoms with Crippen LogP contribution in [0.1, 0.15) is 25.3 Å². The molecule has 0 radical (unpaired) electrons. The van der Waals surface area contributed by atoms with Crippen molar-refractivity contribution in [1.82, 2.24) is 9.88 Å². The molecule has 1 aliphatic heterocycles. The maximum Gasteiger partial charge on any atom is 0.310 e. The van der Waals surface area contributed by atoms with E-state index in [-0.39, 0.29) is 17.8 Å². The van der Waals surface area contributed by atoms with E-state index in [0.29, 0.717) is 19.7 Å².